The fraction of sp³-hybridized carbons (Fsp3) is 0.0952. The summed E-state index contributed by atoms with van der Waals surface area (Å²) in [7, 11) is 0. The summed E-state index contributed by atoms with van der Waals surface area (Å²) < 4.78 is 7.67. The molecule has 0 aliphatic rings. The third-order valence-electron chi connectivity index (χ3n) is 4.47. The smallest absolute Gasteiger partial charge is 0.276 e. The topological polar surface area (TPSA) is 86.7 Å². The van der Waals surface area contributed by atoms with E-state index in [1.54, 1.807) is 17.0 Å². The number of hydrogen-bond donors (Lipinski definition) is 0. The Morgan fingerprint density at radius 3 is 2.67 bits per heavy atom. The Hall–Kier alpha value is -3.30. The zero-order valence-electron chi connectivity index (χ0n) is 15.8. The van der Waals surface area contributed by atoms with E-state index in [1.807, 2.05) is 54.8 Å². The van der Waals surface area contributed by atoms with Crippen LogP contribution in [0.4, 0.5) is 0 Å². The van der Waals surface area contributed by atoms with E-state index in [0.717, 1.165) is 16.8 Å². The molecule has 0 spiro atoms. The van der Waals surface area contributed by atoms with Crippen molar-refractivity contribution in [2.45, 2.75) is 17.8 Å². The number of rotatable bonds is 5. The zero-order valence-corrected chi connectivity index (χ0v) is 17.5. The third-order valence-corrected chi connectivity index (χ3v) is 6.29. The van der Waals surface area contributed by atoms with Crippen molar-refractivity contribution in [1.29, 1.82) is 0 Å². The maximum absolute atomic E-state index is 13.2. The predicted molar refractivity (Wildman–Crippen MR) is 117 cm³/mol. The van der Waals surface area contributed by atoms with E-state index in [0.29, 0.717) is 32.8 Å². The van der Waals surface area contributed by atoms with Crippen molar-refractivity contribution in [1.82, 2.24) is 24.7 Å². The molecule has 0 atom stereocenters. The summed E-state index contributed by atoms with van der Waals surface area (Å²) in [6, 6.07) is 13.3. The Morgan fingerprint density at radius 1 is 1.07 bits per heavy atom. The SMILES string of the molecule is Cc1ccc(-n2c(SCc3nc(-c4ccncc4)no3)nc3ccsc3c2=O)cc1. The lowest BCUT2D eigenvalue weighted by atomic mass is 10.2. The minimum Gasteiger partial charge on any atom is -0.338 e. The largest absolute Gasteiger partial charge is 0.338 e. The lowest BCUT2D eigenvalue weighted by molar-refractivity contribution is 0.391. The number of hydrogen-bond acceptors (Lipinski definition) is 8. The van der Waals surface area contributed by atoms with Crippen LogP contribution in [0.25, 0.3) is 27.3 Å². The molecule has 0 aliphatic carbocycles. The highest BCUT2D eigenvalue weighted by Gasteiger charge is 2.16. The van der Waals surface area contributed by atoms with E-state index in [4.69, 9.17) is 9.51 Å². The number of thiophene rings is 1. The molecule has 4 heterocycles. The van der Waals surface area contributed by atoms with Gasteiger partial charge in [0.05, 0.1) is 17.0 Å². The highest BCUT2D eigenvalue weighted by atomic mass is 32.2. The second-order valence-corrected chi connectivity index (χ2v) is 8.40. The molecular weight excluding hydrogens is 418 g/mol. The summed E-state index contributed by atoms with van der Waals surface area (Å²) in [5, 5.41) is 6.50. The number of aryl methyl sites for hydroxylation is 1. The van der Waals surface area contributed by atoms with Crippen molar-refractivity contribution < 1.29 is 4.52 Å². The van der Waals surface area contributed by atoms with Crippen LogP contribution < -0.4 is 5.56 Å². The van der Waals surface area contributed by atoms with E-state index in [2.05, 4.69) is 15.1 Å². The second kappa shape index (κ2) is 7.85. The summed E-state index contributed by atoms with van der Waals surface area (Å²) in [5.41, 5.74) is 3.35. The fourth-order valence-corrected chi connectivity index (χ4v) is 4.58. The summed E-state index contributed by atoms with van der Waals surface area (Å²) in [6.07, 6.45) is 3.36. The molecule has 0 saturated heterocycles. The van der Waals surface area contributed by atoms with Gasteiger partial charge in [-0.25, -0.2) is 4.98 Å². The molecule has 148 valence electrons. The summed E-state index contributed by atoms with van der Waals surface area (Å²) >= 11 is 2.79. The van der Waals surface area contributed by atoms with Crippen LogP contribution >= 0.6 is 23.1 Å². The maximum Gasteiger partial charge on any atom is 0.276 e. The van der Waals surface area contributed by atoms with Crippen LogP contribution in [0, 0.1) is 6.92 Å². The van der Waals surface area contributed by atoms with Crippen LogP contribution in [-0.2, 0) is 5.75 Å². The standard InChI is InChI=1S/C21H15N5O2S2/c1-13-2-4-15(5-3-13)26-20(27)18-16(8-11-29-18)23-21(26)30-12-17-24-19(25-28-17)14-6-9-22-10-7-14/h2-11H,12H2,1H3. The molecule has 4 aromatic heterocycles. The molecule has 5 aromatic rings. The van der Waals surface area contributed by atoms with Crippen LogP contribution in [0.5, 0.6) is 0 Å². The molecule has 0 N–H and O–H groups in total. The lowest BCUT2D eigenvalue weighted by Crippen LogP contribution is -2.20. The second-order valence-electron chi connectivity index (χ2n) is 6.54. The van der Waals surface area contributed by atoms with Crippen molar-refractivity contribution in [2.75, 3.05) is 0 Å². The number of nitrogens with zero attached hydrogens (tertiary/aromatic N) is 5. The minimum absolute atomic E-state index is 0.0793. The molecule has 5 rings (SSSR count). The summed E-state index contributed by atoms with van der Waals surface area (Å²) in [4.78, 5) is 26.3. The molecule has 0 saturated carbocycles. The first-order chi connectivity index (χ1) is 14.7. The van der Waals surface area contributed by atoms with Crippen molar-refractivity contribution in [3.8, 4) is 17.1 Å². The van der Waals surface area contributed by atoms with Crippen LogP contribution in [0.15, 0.2) is 74.7 Å². The van der Waals surface area contributed by atoms with Gasteiger partial charge in [-0.15, -0.1) is 11.3 Å². The van der Waals surface area contributed by atoms with Crippen molar-refractivity contribution in [3.63, 3.8) is 0 Å². The van der Waals surface area contributed by atoms with Gasteiger partial charge in [0.1, 0.15) is 4.70 Å². The summed E-state index contributed by atoms with van der Waals surface area (Å²) in [6.45, 7) is 2.01. The van der Waals surface area contributed by atoms with E-state index in [1.165, 1.54) is 23.1 Å². The normalized spacial score (nSPS) is 11.2. The fourth-order valence-electron chi connectivity index (χ4n) is 2.97. The first-order valence-corrected chi connectivity index (χ1v) is 11.0. The van der Waals surface area contributed by atoms with Crippen LogP contribution in [-0.4, -0.2) is 24.7 Å². The van der Waals surface area contributed by atoms with Crippen molar-refractivity contribution >= 4 is 33.3 Å². The van der Waals surface area contributed by atoms with Crippen molar-refractivity contribution in [2.24, 2.45) is 0 Å². The minimum atomic E-state index is -0.0793. The number of aromatic nitrogens is 5. The molecule has 9 heteroatoms. The predicted octanol–water partition coefficient (Wildman–Crippen LogP) is 4.49. The van der Waals surface area contributed by atoms with Gasteiger partial charge in [0.2, 0.25) is 11.7 Å². The highest BCUT2D eigenvalue weighted by Crippen LogP contribution is 2.26. The maximum atomic E-state index is 13.2. The highest BCUT2D eigenvalue weighted by molar-refractivity contribution is 7.98. The Morgan fingerprint density at radius 2 is 1.87 bits per heavy atom. The average Bonchev–Trinajstić information content (AvgIpc) is 3.44. The van der Waals surface area contributed by atoms with Gasteiger partial charge in [-0.3, -0.25) is 14.3 Å². The van der Waals surface area contributed by atoms with Crippen LogP contribution in [0.3, 0.4) is 0 Å². The lowest BCUT2D eigenvalue weighted by Gasteiger charge is -2.11. The van der Waals surface area contributed by atoms with Crippen molar-refractivity contribution in [3.05, 3.63) is 82.0 Å². The van der Waals surface area contributed by atoms with Gasteiger partial charge in [-0.1, -0.05) is 34.6 Å². The van der Waals surface area contributed by atoms with Crippen LogP contribution in [0.2, 0.25) is 0 Å². The molecule has 0 amide bonds. The Labute approximate surface area is 179 Å². The van der Waals surface area contributed by atoms with E-state index < -0.39 is 0 Å². The molecule has 0 unspecified atom stereocenters. The van der Waals surface area contributed by atoms with Crippen LogP contribution in [0.1, 0.15) is 11.5 Å². The molecule has 7 nitrogen and oxygen atoms in total. The molecule has 0 bridgehead atoms. The first-order valence-electron chi connectivity index (χ1n) is 9.12. The monoisotopic (exact) mass is 433 g/mol. The van der Waals surface area contributed by atoms with E-state index >= 15 is 0 Å². The molecule has 0 fully saturated rings. The number of fused-ring (bicyclic) bond motifs is 1. The van der Waals surface area contributed by atoms with Gasteiger partial charge in [0.15, 0.2) is 5.16 Å². The Balaban J connectivity index is 1.50. The summed E-state index contributed by atoms with van der Waals surface area (Å²) in [5.74, 6) is 1.36. The third kappa shape index (κ3) is 3.53. The van der Waals surface area contributed by atoms with E-state index in [9.17, 15) is 4.79 Å². The number of pyridine rings is 1. The van der Waals surface area contributed by atoms with Gasteiger partial charge in [0.25, 0.3) is 5.56 Å². The number of thioether (sulfide) groups is 1. The molecular formula is C21H15N5O2S2. The number of benzene rings is 1. The molecule has 1 aromatic carbocycles. The van der Waals surface area contributed by atoms with Gasteiger partial charge in [-0.2, -0.15) is 4.98 Å². The Bertz CT molecular complexity index is 1370. The zero-order chi connectivity index (χ0) is 20.5. The van der Waals surface area contributed by atoms with Gasteiger partial charge in [0, 0.05) is 18.0 Å². The van der Waals surface area contributed by atoms with E-state index in [-0.39, 0.29) is 5.56 Å². The van der Waals surface area contributed by atoms with Gasteiger partial charge in [-0.05, 0) is 42.6 Å². The molecule has 30 heavy (non-hydrogen) atoms. The van der Waals surface area contributed by atoms with Gasteiger partial charge >= 0.3 is 0 Å². The molecule has 0 aliphatic heterocycles. The first kappa shape index (κ1) is 18.7. The Kier molecular flexibility index (Phi) is 4.89. The van der Waals surface area contributed by atoms with Gasteiger partial charge < -0.3 is 4.52 Å². The quantitative estimate of drug-likeness (QED) is 0.298. The average molecular weight is 434 g/mol. The molecule has 0 radical (unpaired) electrons.